The van der Waals surface area contributed by atoms with Gasteiger partial charge in [0.15, 0.2) is 5.78 Å². The summed E-state index contributed by atoms with van der Waals surface area (Å²) in [5, 5.41) is 17.1. The third-order valence-corrected chi connectivity index (χ3v) is 14.7. The fraction of sp³-hybridized carbons (Fsp3) is 0.871. The molecule has 43 heavy (non-hydrogen) atoms. The molecule has 0 bridgehead atoms. The van der Waals surface area contributed by atoms with Gasteiger partial charge in [0, 0.05) is 42.9 Å². The number of hydrogen-bond donors (Lipinski definition) is 6. The van der Waals surface area contributed by atoms with E-state index in [1.807, 2.05) is 29.6 Å². The number of quaternary nitrogens is 1. The average molecular weight is 635 g/mol. The molecule has 240 valence electrons. The van der Waals surface area contributed by atoms with Crippen LogP contribution in [0, 0.1) is 23.7 Å². The second-order valence-electron chi connectivity index (χ2n) is 14.1. The highest BCUT2D eigenvalue weighted by Gasteiger charge is 2.53. The van der Waals surface area contributed by atoms with E-state index in [9.17, 15) is 9.59 Å². The molecule has 1 amide bonds. The Bertz CT molecular complexity index is 1060. The zero-order valence-corrected chi connectivity index (χ0v) is 27.0. The normalized spacial score (nSPS) is 45.4. The quantitative estimate of drug-likeness (QED) is 0.230. The van der Waals surface area contributed by atoms with E-state index in [2.05, 4.69) is 31.9 Å². The number of ether oxygens (including phenoxy) is 1. The summed E-state index contributed by atoms with van der Waals surface area (Å²) in [6.07, 6.45) is 12.0. The number of nitrogens with two attached hydrogens (primary N) is 1. The molecule has 0 radical (unpaired) electrons. The van der Waals surface area contributed by atoms with Gasteiger partial charge in [0.2, 0.25) is 5.91 Å². The zero-order chi connectivity index (χ0) is 29.5. The number of morpholine rings is 1. The first kappa shape index (κ1) is 30.8. The van der Waals surface area contributed by atoms with Crippen LogP contribution in [0.4, 0.5) is 0 Å². The average Bonchev–Trinajstić information content (AvgIpc) is 3.66. The van der Waals surface area contributed by atoms with E-state index >= 15 is 0 Å². The lowest BCUT2D eigenvalue weighted by Crippen LogP contribution is -2.73. The minimum absolute atomic E-state index is 0.0655. The van der Waals surface area contributed by atoms with Crippen molar-refractivity contribution in [3.63, 3.8) is 0 Å². The second-order valence-corrected chi connectivity index (χ2v) is 16.5. The van der Waals surface area contributed by atoms with Gasteiger partial charge in [-0.2, -0.15) is 0 Å². The van der Waals surface area contributed by atoms with Crippen molar-refractivity contribution in [2.75, 3.05) is 38.6 Å². The summed E-state index contributed by atoms with van der Waals surface area (Å²) in [5.74, 6) is 2.54. The highest BCUT2D eigenvalue weighted by atomic mass is 32.2. The van der Waals surface area contributed by atoms with E-state index in [1.165, 1.54) is 32.1 Å². The van der Waals surface area contributed by atoms with Crippen molar-refractivity contribution < 1.29 is 20.1 Å². The lowest BCUT2D eigenvalue weighted by Gasteiger charge is -2.46. The van der Waals surface area contributed by atoms with Crippen LogP contribution < -0.4 is 32.7 Å². The van der Waals surface area contributed by atoms with Crippen molar-refractivity contribution in [2.24, 2.45) is 29.4 Å². The van der Waals surface area contributed by atoms with Crippen LogP contribution >= 0.6 is 23.5 Å². The number of carbonyl (C=O) groups excluding carboxylic acids is 2. The Morgan fingerprint density at radius 2 is 1.91 bits per heavy atom. The van der Waals surface area contributed by atoms with E-state index in [0.29, 0.717) is 53.0 Å². The fourth-order valence-electron chi connectivity index (χ4n) is 9.25. The van der Waals surface area contributed by atoms with Crippen LogP contribution in [0.1, 0.15) is 57.8 Å². The van der Waals surface area contributed by atoms with Crippen molar-refractivity contribution >= 4 is 35.2 Å². The number of nitrogens with one attached hydrogen (secondary N) is 4. The van der Waals surface area contributed by atoms with E-state index in [-0.39, 0.29) is 29.4 Å². The number of carbonyl (C=O) groups is 2. The van der Waals surface area contributed by atoms with Crippen molar-refractivity contribution in [1.82, 2.24) is 26.2 Å². The molecule has 2 saturated carbocycles. The molecule has 0 spiro atoms. The van der Waals surface area contributed by atoms with Gasteiger partial charge in [0.05, 0.1) is 53.8 Å². The molecule has 2 aliphatic carbocycles. The number of hydrogen-bond acceptors (Lipinski definition) is 10. The first-order valence-electron chi connectivity index (χ1n) is 16.9. The molecule has 10 nitrogen and oxygen atoms in total. The Hall–Kier alpha value is -0.860. The molecule has 9 N–H and O–H groups in total. The minimum Gasteiger partial charge on any atom is -0.378 e. The fourth-order valence-corrected chi connectivity index (χ4v) is 12.8. The number of rotatable bonds is 7. The van der Waals surface area contributed by atoms with E-state index in [0.717, 1.165) is 69.3 Å². The second kappa shape index (κ2) is 13.5. The molecular formula is C31H52N7O3S2+. The summed E-state index contributed by atoms with van der Waals surface area (Å²) < 4.78 is 5.59. The lowest BCUT2D eigenvalue weighted by atomic mass is 9.69. The standard InChI is InChI=1S/C31H51N7O3S2/c32-22-3-1-2-4-23(22)36-25-6-5-19(30(33)40)31(37-25)35-18-13-17-7-8-34-27(17)20(14-18)21-16-42-29-24(39)15-26(43-28(21)29)38-9-11-41-12-10-38/h15,17-23,25,27-29,31,34-37H,1-14,16,32H2,(H2,33,40)/p+1/t17?,18?,19?,20?,21?,22-,23+,25?,27?,28?,29?,31?/m1/s1. The van der Waals surface area contributed by atoms with Gasteiger partial charge in [-0.05, 0) is 75.0 Å². The minimum atomic E-state index is -0.211. The maximum Gasteiger partial charge on any atom is 0.223 e. The van der Waals surface area contributed by atoms with Gasteiger partial charge >= 0.3 is 0 Å². The molecule has 5 aliphatic heterocycles. The monoisotopic (exact) mass is 634 g/mol. The molecule has 0 aromatic heterocycles. The molecule has 12 atom stereocenters. The SMILES string of the molecule is NC(=O)C1CCC(N[C@H]2CCCC[C@H]2[NH3+])NC1NC1CC2CCNC2C(C2CSC3C(=O)C=C(N4CCOCC4)SC32)C1. The summed E-state index contributed by atoms with van der Waals surface area (Å²) in [6, 6.07) is 1.71. The smallest absolute Gasteiger partial charge is 0.223 e. The molecular weight excluding hydrogens is 583 g/mol. The zero-order valence-electron chi connectivity index (χ0n) is 25.4. The number of nitrogens with zero attached hydrogens (tertiary/aromatic N) is 1. The lowest BCUT2D eigenvalue weighted by molar-refractivity contribution is -0.431. The van der Waals surface area contributed by atoms with Crippen molar-refractivity contribution in [1.29, 1.82) is 0 Å². The number of primary amides is 1. The summed E-state index contributed by atoms with van der Waals surface area (Å²) in [7, 11) is 0. The van der Waals surface area contributed by atoms with Gasteiger partial charge < -0.3 is 26.4 Å². The van der Waals surface area contributed by atoms with E-state index in [1.54, 1.807) is 0 Å². The van der Waals surface area contributed by atoms with Crippen LogP contribution in [0.3, 0.4) is 0 Å². The maximum absolute atomic E-state index is 13.3. The third kappa shape index (κ3) is 6.54. The van der Waals surface area contributed by atoms with Crippen molar-refractivity contribution in [2.45, 2.75) is 105 Å². The van der Waals surface area contributed by atoms with E-state index in [4.69, 9.17) is 10.5 Å². The number of piperidine rings is 1. The predicted molar refractivity (Wildman–Crippen MR) is 171 cm³/mol. The number of ketones is 1. The van der Waals surface area contributed by atoms with Crippen LogP contribution in [0.25, 0.3) is 0 Å². The molecule has 6 fully saturated rings. The summed E-state index contributed by atoms with van der Waals surface area (Å²) in [4.78, 5) is 28.3. The Labute approximate surface area is 264 Å². The van der Waals surface area contributed by atoms with Gasteiger partial charge in [0.25, 0.3) is 0 Å². The van der Waals surface area contributed by atoms with Crippen molar-refractivity contribution in [3.8, 4) is 0 Å². The van der Waals surface area contributed by atoms with Crippen molar-refractivity contribution in [3.05, 3.63) is 11.1 Å². The Morgan fingerprint density at radius 3 is 2.72 bits per heavy atom. The first-order valence-corrected chi connectivity index (χ1v) is 18.9. The maximum atomic E-state index is 13.3. The van der Waals surface area contributed by atoms with Crippen LogP contribution in [0.2, 0.25) is 0 Å². The molecule has 7 rings (SSSR count). The highest BCUT2D eigenvalue weighted by Crippen LogP contribution is 2.52. The molecule has 12 heteroatoms. The van der Waals surface area contributed by atoms with Gasteiger partial charge in [-0.15, -0.1) is 23.5 Å². The third-order valence-electron chi connectivity index (χ3n) is 11.5. The Morgan fingerprint density at radius 1 is 1.07 bits per heavy atom. The summed E-state index contributed by atoms with van der Waals surface area (Å²) in [6.45, 7) is 4.27. The highest BCUT2D eigenvalue weighted by molar-refractivity contribution is 8.07. The molecule has 4 saturated heterocycles. The van der Waals surface area contributed by atoms with Crippen LogP contribution in [0.15, 0.2) is 11.1 Å². The molecule has 0 aromatic rings. The van der Waals surface area contributed by atoms with Gasteiger partial charge in [-0.3, -0.25) is 25.5 Å². The van der Waals surface area contributed by atoms with Crippen LogP contribution in [-0.4, -0.2) is 102 Å². The molecule has 0 aromatic carbocycles. The predicted octanol–water partition coefficient (Wildman–Crippen LogP) is 0.202. The Balaban J connectivity index is 1.05. The first-order chi connectivity index (χ1) is 20.9. The van der Waals surface area contributed by atoms with E-state index < -0.39 is 0 Å². The van der Waals surface area contributed by atoms with Gasteiger partial charge in [0.1, 0.15) is 0 Å². The number of thioether (sulfide) groups is 2. The largest absolute Gasteiger partial charge is 0.378 e. The summed E-state index contributed by atoms with van der Waals surface area (Å²) in [5.41, 5.74) is 10.4. The van der Waals surface area contributed by atoms with Gasteiger partial charge in [-0.1, -0.05) is 6.42 Å². The molecule has 7 aliphatic rings. The number of fused-ring (bicyclic) bond motifs is 2. The molecule has 5 heterocycles. The van der Waals surface area contributed by atoms with Crippen LogP contribution in [-0.2, 0) is 14.3 Å². The Kier molecular flexibility index (Phi) is 9.64. The summed E-state index contributed by atoms with van der Waals surface area (Å²) >= 11 is 3.84. The number of allylic oxidation sites excluding steroid dienone is 1. The van der Waals surface area contributed by atoms with Crippen LogP contribution in [0.5, 0.6) is 0 Å². The molecule has 10 unspecified atom stereocenters. The number of amides is 1. The van der Waals surface area contributed by atoms with Gasteiger partial charge in [-0.25, -0.2) is 0 Å². The topological polar surface area (TPSA) is 148 Å².